The summed E-state index contributed by atoms with van der Waals surface area (Å²) >= 11 is 0. The maximum Gasteiger partial charge on any atom is 0.223 e. The molecule has 1 unspecified atom stereocenters. The van der Waals surface area contributed by atoms with Crippen LogP contribution in [-0.2, 0) is 10.4 Å². The van der Waals surface area contributed by atoms with E-state index in [4.69, 9.17) is 4.42 Å². The summed E-state index contributed by atoms with van der Waals surface area (Å²) in [4.78, 5) is 12.1. The molecular formula is C15H25NO3. The number of carbonyl (C=O) groups is 1. The minimum Gasteiger partial charge on any atom is -0.466 e. The first-order valence-corrected chi connectivity index (χ1v) is 7.05. The molecule has 4 nitrogen and oxygen atoms in total. The molecule has 0 saturated carbocycles. The van der Waals surface area contributed by atoms with Gasteiger partial charge in [-0.3, -0.25) is 4.79 Å². The summed E-state index contributed by atoms with van der Waals surface area (Å²) in [5, 5.41) is 13.1. The fourth-order valence-electron chi connectivity index (χ4n) is 2.18. The lowest BCUT2D eigenvalue weighted by Crippen LogP contribution is -2.41. The average Bonchev–Trinajstić information content (AvgIpc) is 2.90. The summed E-state index contributed by atoms with van der Waals surface area (Å²) in [5.74, 6) is 0.535. The number of hydrogen-bond acceptors (Lipinski definition) is 3. The van der Waals surface area contributed by atoms with Gasteiger partial charge in [0.25, 0.3) is 0 Å². The van der Waals surface area contributed by atoms with Gasteiger partial charge in [0, 0.05) is 5.92 Å². The molecule has 1 amide bonds. The van der Waals surface area contributed by atoms with Gasteiger partial charge in [-0.05, 0) is 31.9 Å². The van der Waals surface area contributed by atoms with Crippen LogP contribution in [0.15, 0.2) is 22.8 Å². The Balaban J connectivity index is 2.52. The van der Waals surface area contributed by atoms with Crippen molar-refractivity contribution in [1.29, 1.82) is 0 Å². The normalized spacial score (nSPS) is 14.4. The van der Waals surface area contributed by atoms with Crippen LogP contribution in [0, 0.1) is 5.92 Å². The van der Waals surface area contributed by atoms with Gasteiger partial charge in [0.15, 0.2) is 0 Å². The Kier molecular flexibility index (Phi) is 6.09. The predicted molar refractivity (Wildman–Crippen MR) is 74.6 cm³/mol. The van der Waals surface area contributed by atoms with Crippen LogP contribution in [0.5, 0.6) is 0 Å². The first kappa shape index (κ1) is 15.8. The van der Waals surface area contributed by atoms with E-state index < -0.39 is 5.60 Å². The molecule has 0 aliphatic carbocycles. The van der Waals surface area contributed by atoms with Crippen molar-refractivity contribution in [3.8, 4) is 0 Å². The monoisotopic (exact) mass is 267 g/mol. The zero-order valence-corrected chi connectivity index (χ0v) is 12.1. The van der Waals surface area contributed by atoms with Crippen LogP contribution in [0.1, 0.15) is 52.2 Å². The van der Waals surface area contributed by atoms with Crippen LogP contribution in [0.3, 0.4) is 0 Å². The number of rotatable bonds is 8. The van der Waals surface area contributed by atoms with E-state index in [0.29, 0.717) is 5.76 Å². The lowest BCUT2D eigenvalue weighted by Gasteiger charge is -2.23. The van der Waals surface area contributed by atoms with Gasteiger partial charge in [-0.1, -0.05) is 26.7 Å². The highest BCUT2D eigenvalue weighted by atomic mass is 16.4. The second-order valence-electron chi connectivity index (χ2n) is 5.24. The van der Waals surface area contributed by atoms with Crippen molar-refractivity contribution in [2.24, 2.45) is 5.92 Å². The Morgan fingerprint density at radius 1 is 1.42 bits per heavy atom. The third kappa shape index (κ3) is 4.71. The fourth-order valence-corrected chi connectivity index (χ4v) is 2.18. The predicted octanol–water partition coefficient (Wildman–Crippen LogP) is 2.82. The van der Waals surface area contributed by atoms with Crippen molar-refractivity contribution in [3.63, 3.8) is 0 Å². The SMILES string of the molecule is CCCC(CCC)C(=O)NCC(C)(O)c1ccco1. The van der Waals surface area contributed by atoms with Crippen LogP contribution >= 0.6 is 0 Å². The standard InChI is InChI=1S/C15H25NO3/c1-4-7-12(8-5-2)14(17)16-11-15(3,18)13-9-6-10-19-13/h6,9-10,12,18H,4-5,7-8,11H2,1-3H3,(H,16,17). The molecule has 1 aromatic heterocycles. The molecule has 0 bridgehead atoms. The Labute approximate surface area is 115 Å². The topological polar surface area (TPSA) is 62.5 Å². The number of amides is 1. The maximum atomic E-state index is 12.1. The maximum absolute atomic E-state index is 12.1. The molecule has 19 heavy (non-hydrogen) atoms. The van der Waals surface area contributed by atoms with Crippen LogP contribution < -0.4 is 5.32 Å². The smallest absolute Gasteiger partial charge is 0.223 e. The highest BCUT2D eigenvalue weighted by molar-refractivity contribution is 5.78. The van der Waals surface area contributed by atoms with Crippen molar-refractivity contribution < 1.29 is 14.3 Å². The van der Waals surface area contributed by atoms with Gasteiger partial charge in [0.2, 0.25) is 5.91 Å². The summed E-state index contributed by atoms with van der Waals surface area (Å²) in [7, 11) is 0. The first-order valence-electron chi connectivity index (χ1n) is 7.05. The zero-order chi connectivity index (χ0) is 14.3. The minimum atomic E-state index is -1.16. The van der Waals surface area contributed by atoms with Crippen LogP contribution in [0.2, 0.25) is 0 Å². The van der Waals surface area contributed by atoms with E-state index in [1.54, 1.807) is 19.1 Å². The van der Waals surface area contributed by atoms with Gasteiger partial charge in [0.05, 0.1) is 12.8 Å². The molecule has 2 N–H and O–H groups in total. The van der Waals surface area contributed by atoms with E-state index in [1.165, 1.54) is 6.26 Å². The lowest BCUT2D eigenvalue weighted by atomic mass is 9.96. The third-order valence-corrected chi connectivity index (χ3v) is 3.30. The molecule has 1 atom stereocenters. The van der Waals surface area contributed by atoms with E-state index in [2.05, 4.69) is 19.2 Å². The largest absolute Gasteiger partial charge is 0.466 e. The molecule has 0 saturated heterocycles. The second kappa shape index (κ2) is 7.34. The average molecular weight is 267 g/mol. The molecule has 0 aromatic carbocycles. The summed E-state index contributed by atoms with van der Waals surface area (Å²) in [6.07, 6.45) is 5.28. The molecule has 4 heteroatoms. The number of furan rings is 1. The van der Waals surface area contributed by atoms with Crippen molar-refractivity contribution in [1.82, 2.24) is 5.32 Å². The molecule has 1 aromatic rings. The molecule has 0 aliphatic rings. The van der Waals surface area contributed by atoms with Crippen LogP contribution in [-0.4, -0.2) is 17.6 Å². The van der Waals surface area contributed by atoms with E-state index in [9.17, 15) is 9.90 Å². The molecule has 0 aliphatic heterocycles. The molecule has 108 valence electrons. The Bertz CT molecular complexity index is 365. The number of nitrogens with one attached hydrogen (secondary N) is 1. The zero-order valence-electron chi connectivity index (χ0n) is 12.1. The Morgan fingerprint density at radius 2 is 2.05 bits per heavy atom. The van der Waals surface area contributed by atoms with E-state index in [-0.39, 0.29) is 18.4 Å². The molecule has 1 rings (SSSR count). The van der Waals surface area contributed by atoms with Crippen molar-refractivity contribution in [3.05, 3.63) is 24.2 Å². The van der Waals surface area contributed by atoms with Crippen molar-refractivity contribution in [2.75, 3.05) is 6.54 Å². The third-order valence-electron chi connectivity index (χ3n) is 3.30. The van der Waals surface area contributed by atoms with Gasteiger partial charge >= 0.3 is 0 Å². The van der Waals surface area contributed by atoms with Gasteiger partial charge in [-0.15, -0.1) is 0 Å². The van der Waals surface area contributed by atoms with Gasteiger partial charge in [0.1, 0.15) is 11.4 Å². The van der Waals surface area contributed by atoms with E-state index in [0.717, 1.165) is 25.7 Å². The second-order valence-corrected chi connectivity index (χ2v) is 5.24. The van der Waals surface area contributed by atoms with Gasteiger partial charge in [-0.2, -0.15) is 0 Å². The van der Waals surface area contributed by atoms with Gasteiger partial charge < -0.3 is 14.8 Å². The van der Waals surface area contributed by atoms with Crippen LogP contribution in [0.25, 0.3) is 0 Å². The summed E-state index contributed by atoms with van der Waals surface area (Å²) in [5.41, 5.74) is -1.16. The molecule has 1 heterocycles. The van der Waals surface area contributed by atoms with Crippen molar-refractivity contribution >= 4 is 5.91 Å². The minimum absolute atomic E-state index is 0.0236. The Hall–Kier alpha value is -1.29. The molecule has 0 fully saturated rings. The molecular weight excluding hydrogens is 242 g/mol. The first-order chi connectivity index (χ1) is 9.01. The van der Waals surface area contributed by atoms with E-state index in [1.807, 2.05) is 0 Å². The van der Waals surface area contributed by atoms with E-state index >= 15 is 0 Å². The fraction of sp³-hybridized carbons (Fsp3) is 0.667. The summed E-state index contributed by atoms with van der Waals surface area (Å²) in [6.45, 7) is 5.97. The van der Waals surface area contributed by atoms with Crippen molar-refractivity contribution in [2.45, 2.75) is 52.1 Å². The summed E-state index contributed by atoms with van der Waals surface area (Å²) < 4.78 is 5.18. The quantitative estimate of drug-likeness (QED) is 0.761. The number of aliphatic hydroxyl groups is 1. The number of hydrogen-bond donors (Lipinski definition) is 2. The summed E-state index contributed by atoms with van der Waals surface area (Å²) in [6, 6.07) is 3.43. The highest BCUT2D eigenvalue weighted by Crippen LogP contribution is 2.20. The van der Waals surface area contributed by atoms with Gasteiger partial charge in [-0.25, -0.2) is 0 Å². The Morgan fingerprint density at radius 3 is 2.53 bits per heavy atom. The lowest BCUT2D eigenvalue weighted by molar-refractivity contribution is -0.126. The molecule has 0 spiro atoms. The molecule has 0 radical (unpaired) electrons. The highest BCUT2D eigenvalue weighted by Gasteiger charge is 2.28. The number of carbonyl (C=O) groups excluding carboxylic acids is 1. The van der Waals surface area contributed by atoms with Crippen LogP contribution in [0.4, 0.5) is 0 Å².